The highest BCUT2D eigenvalue weighted by molar-refractivity contribution is 5.88. The number of fused-ring (bicyclic) bond motifs is 1. The maximum absolute atomic E-state index is 12.8. The average molecular weight is 322 g/mol. The molecular formula is C19H22N4O. The summed E-state index contributed by atoms with van der Waals surface area (Å²) in [6.07, 6.45) is 6.44. The zero-order valence-electron chi connectivity index (χ0n) is 13.9. The molecule has 0 saturated carbocycles. The number of carbonyl (C=O) groups excluding carboxylic acids is 1. The third-order valence-electron chi connectivity index (χ3n) is 5.07. The largest absolute Gasteiger partial charge is 0.361 e. The van der Waals surface area contributed by atoms with Crippen LogP contribution in [0.3, 0.4) is 0 Å². The Balaban J connectivity index is 1.49. The summed E-state index contributed by atoms with van der Waals surface area (Å²) < 4.78 is 0. The number of aromatic nitrogens is 3. The fraction of sp³-hybridized carbons (Fsp3) is 0.368. The number of rotatable bonds is 3. The Labute approximate surface area is 141 Å². The standard InChI is InChI=1S/C19H22N4O/c1-13-10-21-22-19(13)14-5-4-8-23(12-14)18(24)9-15-11-20-17-7-3-2-6-16(15)17/h2-3,6-7,10-11,14,20H,4-5,8-9,12H2,1H3,(H,21,22)/t14-/m0/s1. The fourth-order valence-electron chi connectivity index (χ4n) is 3.76. The van der Waals surface area contributed by atoms with Crippen molar-refractivity contribution in [1.82, 2.24) is 20.1 Å². The van der Waals surface area contributed by atoms with Crippen molar-refractivity contribution >= 4 is 16.8 Å². The summed E-state index contributed by atoms with van der Waals surface area (Å²) in [5.74, 6) is 0.579. The van der Waals surface area contributed by atoms with Gasteiger partial charge in [-0.1, -0.05) is 18.2 Å². The van der Waals surface area contributed by atoms with E-state index in [2.05, 4.69) is 28.2 Å². The molecule has 124 valence electrons. The second-order valence-electron chi connectivity index (χ2n) is 6.68. The molecule has 4 rings (SSSR count). The van der Waals surface area contributed by atoms with Crippen LogP contribution in [-0.4, -0.2) is 39.1 Å². The highest BCUT2D eigenvalue weighted by Gasteiger charge is 2.26. The van der Waals surface area contributed by atoms with Gasteiger partial charge in [-0.25, -0.2) is 0 Å². The quantitative estimate of drug-likeness (QED) is 0.778. The van der Waals surface area contributed by atoms with Crippen molar-refractivity contribution in [3.8, 4) is 0 Å². The number of nitrogens with zero attached hydrogens (tertiary/aromatic N) is 2. The molecule has 1 aliphatic rings. The molecule has 0 radical (unpaired) electrons. The summed E-state index contributed by atoms with van der Waals surface area (Å²) in [5.41, 5.74) is 4.53. The molecular weight excluding hydrogens is 300 g/mol. The normalized spacial score (nSPS) is 18.2. The third kappa shape index (κ3) is 2.70. The van der Waals surface area contributed by atoms with Crippen molar-refractivity contribution in [3.63, 3.8) is 0 Å². The summed E-state index contributed by atoms with van der Waals surface area (Å²) >= 11 is 0. The van der Waals surface area contributed by atoms with Crippen molar-refractivity contribution in [2.75, 3.05) is 13.1 Å². The van der Waals surface area contributed by atoms with Crippen LogP contribution in [-0.2, 0) is 11.2 Å². The second-order valence-corrected chi connectivity index (χ2v) is 6.68. The van der Waals surface area contributed by atoms with Crippen LogP contribution in [0.1, 0.15) is 35.6 Å². The maximum Gasteiger partial charge on any atom is 0.227 e. The van der Waals surface area contributed by atoms with Gasteiger partial charge >= 0.3 is 0 Å². The number of hydrogen-bond donors (Lipinski definition) is 2. The summed E-state index contributed by atoms with van der Waals surface area (Å²) in [7, 11) is 0. The molecule has 1 fully saturated rings. The molecule has 1 aliphatic heterocycles. The van der Waals surface area contributed by atoms with Crippen molar-refractivity contribution in [3.05, 3.63) is 53.5 Å². The first-order valence-electron chi connectivity index (χ1n) is 8.55. The summed E-state index contributed by atoms with van der Waals surface area (Å²) in [6, 6.07) is 8.14. The van der Waals surface area contributed by atoms with Gasteiger partial charge < -0.3 is 9.88 Å². The molecule has 5 heteroatoms. The van der Waals surface area contributed by atoms with E-state index < -0.39 is 0 Å². The summed E-state index contributed by atoms with van der Waals surface area (Å²) in [6.45, 7) is 3.71. The lowest BCUT2D eigenvalue weighted by molar-refractivity contribution is -0.131. The van der Waals surface area contributed by atoms with Gasteiger partial charge in [-0.05, 0) is 37.0 Å². The fourth-order valence-corrected chi connectivity index (χ4v) is 3.76. The van der Waals surface area contributed by atoms with Crippen LogP contribution < -0.4 is 0 Å². The van der Waals surface area contributed by atoms with E-state index in [1.54, 1.807) is 0 Å². The topological polar surface area (TPSA) is 64.8 Å². The van der Waals surface area contributed by atoms with Gasteiger partial charge in [-0.2, -0.15) is 5.10 Å². The Bertz CT molecular complexity index is 863. The zero-order valence-corrected chi connectivity index (χ0v) is 13.9. The van der Waals surface area contributed by atoms with Crippen LogP contribution in [0, 0.1) is 6.92 Å². The first-order valence-corrected chi connectivity index (χ1v) is 8.55. The van der Waals surface area contributed by atoms with Gasteiger partial charge in [0, 0.05) is 41.8 Å². The minimum atomic E-state index is 0.210. The van der Waals surface area contributed by atoms with Crippen molar-refractivity contribution < 1.29 is 4.79 Å². The van der Waals surface area contributed by atoms with Gasteiger partial charge in [0.05, 0.1) is 12.6 Å². The molecule has 2 N–H and O–H groups in total. The van der Waals surface area contributed by atoms with E-state index in [-0.39, 0.29) is 5.91 Å². The van der Waals surface area contributed by atoms with Crippen LogP contribution in [0.25, 0.3) is 10.9 Å². The second kappa shape index (κ2) is 6.15. The first kappa shape index (κ1) is 15.0. The highest BCUT2D eigenvalue weighted by Crippen LogP contribution is 2.28. The molecule has 3 aromatic rings. The number of aryl methyl sites for hydroxylation is 1. The van der Waals surface area contributed by atoms with Crippen LogP contribution in [0.15, 0.2) is 36.7 Å². The van der Waals surface area contributed by atoms with Crippen LogP contribution in [0.5, 0.6) is 0 Å². The van der Waals surface area contributed by atoms with Gasteiger partial charge in [0.2, 0.25) is 5.91 Å². The molecule has 3 heterocycles. The van der Waals surface area contributed by atoms with Crippen molar-refractivity contribution in [2.45, 2.75) is 32.1 Å². The van der Waals surface area contributed by atoms with Gasteiger partial charge in [0.1, 0.15) is 0 Å². The third-order valence-corrected chi connectivity index (χ3v) is 5.07. The van der Waals surface area contributed by atoms with E-state index in [1.807, 2.05) is 35.5 Å². The molecule has 0 aliphatic carbocycles. The average Bonchev–Trinajstić information content (AvgIpc) is 3.22. The lowest BCUT2D eigenvalue weighted by atomic mass is 9.92. The Morgan fingerprint density at radius 3 is 3.08 bits per heavy atom. The maximum atomic E-state index is 12.8. The number of hydrogen-bond acceptors (Lipinski definition) is 2. The number of nitrogens with one attached hydrogen (secondary N) is 2. The predicted octanol–water partition coefficient (Wildman–Crippen LogP) is 3.15. The zero-order chi connectivity index (χ0) is 16.5. The SMILES string of the molecule is Cc1cn[nH]c1[C@H]1CCCN(C(=O)Cc2c[nH]c3ccccc23)C1. The van der Waals surface area contributed by atoms with Gasteiger partial charge in [0.15, 0.2) is 0 Å². The summed E-state index contributed by atoms with van der Waals surface area (Å²) in [4.78, 5) is 18.1. The Morgan fingerprint density at radius 1 is 1.38 bits per heavy atom. The van der Waals surface area contributed by atoms with E-state index in [4.69, 9.17) is 0 Å². The lowest BCUT2D eigenvalue weighted by Gasteiger charge is -2.32. The number of piperidine rings is 1. The number of likely N-dealkylation sites (tertiary alicyclic amines) is 1. The molecule has 0 spiro atoms. The number of benzene rings is 1. The number of para-hydroxylation sites is 1. The van der Waals surface area contributed by atoms with Gasteiger partial charge in [-0.3, -0.25) is 9.89 Å². The molecule has 5 nitrogen and oxygen atoms in total. The van der Waals surface area contributed by atoms with E-state index in [1.165, 1.54) is 11.3 Å². The first-order chi connectivity index (χ1) is 11.7. The van der Waals surface area contributed by atoms with Crippen LogP contribution in [0.2, 0.25) is 0 Å². The van der Waals surface area contributed by atoms with Crippen molar-refractivity contribution in [1.29, 1.82) is 0 Å². The molecule has 1 aromatic carbocycles. The molecule has 1 amide bonds. The molecule has 0 bridgehead atoms. The highest BCUT2D eigenvalue weighted by atomic mass is 16.2. The lowest BCUT2D eigenvalue weighted by Crippen LogP contribution is -2.40. The van der Waals surface area contributed by atoms with E-state index in [0.717, 1.165) is 42.4 Å². The van der Waals surface area contributed by atoms with E-state index in [9.17, 15) is 4.79 Å². The minimum absolute atomic E-state index is 0.210. The molecule has 2 aromatic heterocycles. The number of H-pyrrole nitrogens is 2. The molecule has 24 heavy (non-hydrogen) atoms. The summed E-state index contributed by atoms with van der Waals surface area (Å²) in [5, 5.41) is 8.38. The Kier molecular flexibility index (Phi) is 3.84. The van der Waals surface area contributed by atoms with E-state index >= 15 is 0 Å². The Hall–Kier alpha value is -2.56. The van der Waals surface area contributed by atoms with Gasteiger partial charge in [-0.15, -0.1) is 0 Å². The molecule has 1 atom stereocenters. The van der Waals surface area contributed by atoms with E-state index in [0.29, 0.717) is 12.3 Å². The van der Waals surface area contributed by atoms with Crippen molar-refractivity contribution in [2.24, 2.45) is 0 Å². The molecule has 1 saturated heterocycles. The Morgan fingerprint density at radius 2 is 2.25 bits per heavy atom. The predicted molar refractivity (Wildman–Crippen MR) is 93.9 cm³/mol. The minimum Gasteiger partial charge on any atom is -0.361 e. The monoisotopic (exact) mass is 322 g/mol. The number of aromatic amines is 2. The van der Waals surface area contributed by atoms with Gasteiger partial charge in [0.25, 0.3) is 0 Å². The number of carbonyl (C=O) groups is 1. The molecule has 0 unspecified atom stereocenters. The van der Waals surface area contributed by atoms with Crippen LogP contribution in [0.4, 0.5) is 0 Å². The number of amides is 1. The smallest absolute Gasteiger partial charge is 0.227 e. The van der Waals surface area contributed by atoms with Crippen LogP contribution >= 0.6 is 0 Å².